The maximum atomic E-state index is 13.3. The van der Waals surface area contributed by atoms with Gasteiger partial charge in [0, 0.05) is 13.6 Å². The van der Waals surface area contributed by atoms with E-state index in [9.17, 15) is 14.4 Å². The molecule has 1 spiro atoms. The molecule has 0 radical (unpaired) electrons. The van der Waals surface area contributed by atoms with Crippen molar-refractivity contribution >= 4 is 17.8 Å². The lowest BCUT2D eigenvalue weighted by Gasteiger charge is -2.33. The zero-order valence-electron chi connectivity index (χ0n) is 17.7. The fraction of sp³-hybridized carbons (Fsp3) is 0.375. The zero-order chi connectivity index (χ0) is 21.5. The summed E-state index contributed by atoms with van der Waals surface area (Å²) in [5.74, 6) is -0.590. The molecule has 4 rings (SSSR count). The second kappa shape index (κ2) is 7.59. The third-order valence-corrected chi connectivity index (χ3v) is 6.28. The minimum Gasteiger partial charge on any atom is -0.340 e. The van der Waals surface area contributed by atoms with Gasteiger partial charge in [-0.15, -0.1) is 0 Å². The summed E-state index contributed by atoms with van der Waals surface area (Å²) < 4.78 is 0. The number of imide groups is 1. The van der Waals surface area contributed by atoms with E-state index in [0.717, 1.165) is 40.0 Å². The van der Waals surface area contributed by atoms with Gasteiger partial charge in [-0.05, 0) is 55.4 Å². The molecule has 1 aliphatic heterocycles. The molecule has 1 N–H and O–H groups in total. The lowest BCUT2D eigenvalue weighted by molar-refractivity contribution is -0.139. The standard InChI is InChI=1S/C24H27N3O3/c1-16-10-11-19(17(2)13-16)14-26(3)21(28)15-27-22(29)24(25-23(27)30)12-6-8-18-7-4-5-9-20(18)24/h4-5,7,9-11,13H,6,8,12,14-15H2,1-3H3,(H,25,30)/t24-/m1/s1. The van der Waals surface area contributed by atoms with Crippen LogP contribution in [-0.2, 0) is 28.1 Å². The lowest BCUT2D eigenvalue weighted by atomic mass is 9.76. The molecule has 1 saturated heterocycles. The molecule has 0 bridgehead atoms. The Kier molecular flexibility index (Phi) is 5.10. The van der Waals surface area contributed by atoms with Crippen molar-refractivity contribution in [2.24, 2.45) is 0 Å². The molecule has 6 heteroatoms. The molecule has 1 atom stereocenters. The van der Waals surface area contributed by atoms with E-state index in [2.05, 4.69) is 11.4 Å². The van der Waals surface area contributed by atoms with Crippen molar-refractivity contribution in [1.29, 1.82) is 0 Å². The number of carbonyl (C=O) groups is 3. The number of rotatable bonds is 4. The summed E-state index contributed by atoms with van der Waals surface area (Å²) in [6.07, 6.45) is 2.26. The Morgan fingerprint density at radius 1 is 1.17 bits per heavy atom. The van der Waals surface area contributed by atoms with E-state index in [-0.39, 0.29) is 18.4 Å². The fourth-order valence-electron chi connectivity index (χ4n) is 4.58. The van der Waals surface area contributed by atoms with Crippen LogP contribution in [0.2, 0.25) is 0 Å². The Labute approximate surface area is 176 Å². The molecule has 6 nitrogen and oxygen atoms in total. The Bertz CT molecular complexity index is 1030. The maximum Gasteiger partial charge on any atom is 0.325 e. The van der Waals surface area contributed by atoms with Crippen LogP contribution >= 0.6 is 0 Å². The number of amides is 4. The van der Waals surface area contributed by atoms with E-state index >= 15 is 0 Å². The van der Waals surface area contributed by atoms with Crippen LogP contribution in [0.25, 0.3) is 0 Å². The third kappa shape index (κ3) is 3.36. The molecular formula is C24H27N3O3. The highest BCUT2D eigenvalue weighted by Crippen LogP contribution is 2.39. The minimum atomic E-state index is -1.04. The molecule has 30 heavy (non-hydrogen) atoms. The third-order valence-electron chi connectivity index (χ3n) is 6.28. The molecule has 1 fully saturated rings. The van der Waals surface area contributed by atoms with Gasteiger partial charge in [0.05, 0.1) is 0 Å². The smallest absolute Gasteiger partial charge is 0.325 e. The summed E-state index contributed by atoms with van der Waals surface area (Å²) in [7, 11) is 1.70. The highest BCUT2D eigenvalue weighted by Gasteiger charge is 2.54. The summed E-state index contributed by atoms with van der Waals surface area (Å²) in [6, 6.07) is 13.4. The number of hydrogen-bond donors (Lipinski definition) is 1. The van der Waals surface area contributed by atoms with Gasteiger partial charge in [0.1, 0.15) is 12.1 Å². The van der Waals surface area contributed by atoms with Crippen molar-refractivity contribution in [1.82, 2.24) is 15.1 Å². The van der Waals surface area contributed by atoms with Gasteiger partial charge in [0.15, 0.2) is 0 Å². The first kappa shape index (κ1) is 20.1. The van der Waals surface area contributed by atoms with Gasteiger partial charge in [-0.2, -0.15) is 0 Å². The zero-order valence-corrected chi connectivity index (χ0v) is 17.7. The van der Waals surface area contributed by atoms with Crippen molar-refractivity contribution in [3.05, 3.63) is 70.3 Å². The van der Waals surface area contributed by atoms with E-state index in [1.807, 2.05) is 50.2 Å². The molecule has 2 aromatic carbocycles. The predicted octanol–water partition coefficient (Wildman–Crippen LogP) is 3.05. The largest absolute Gasteiger partial charge is 0.340 e. The second-order valence-corrected chi connectivity index (χ2v) is 8.42. The minimum absolute atomic E-state index is 0.254. The Morgan fingerprint density at radius 3 is 2.70 bits per heavy atom. The Balaban J connectivity index is 1.51. The number of carbonyl (C=O) groups excluding carboxylic acids is 3. The molecular weight excluding hydrogens is 378 g/mol. The number of hydrogen-bond acceptors (Lipinski definition) is 3. The first-order valence-electron chi connectivity index (χ1n) is 10.3. The van der Waals surface area contributed by atoms with Crippen LogP contribution in [-0.4, -0.2) is 41.2 Å². The summed E-state index contributed by atoms with van der Waals surface area (Å²) in [5.41, 5.74) is 4.22. The molecule has 1 heterocycles. The van der Waals surface area contributed by atoms with E-state index in [4.69, 9.17) is 0 Å². The van der Waals surface area contributed by atoms with Gasteiger partial charge in [-0.3, -0.25) is 14.5 Å². The Morgan fingerprint density at radius 2 is 1.93 bits per heavy atom. The van der Waals surface area contributed by atoms with E-state index < -0.39 is 11.6 Å². The number of urea groups is 1. The van der Waals surface area contributed by atoms with E-state index in [1.54, 1.807) is 11.9 Å². The summed E-state index contributed by atoms with van der Waals surface area (Å²) >= 11 is 0. The van der Waals surface area contributed by atoms with Gasteiger partial charge in [0.2, 0.25) is 5.91 Å². The van der Waals surface area contributed by atoms with E-state index in [1.165, 1.54) is 5.56 Å². The lowest BCUT2D eigenvalue weighted by Crippen LogP contribution is -2.47. The van der Waals surface area contributed by atoms with Crippen LogP contribution in [0.15, 0.2) is 42.5 Å². The number of nitrogens with one attached hydrogen (secondary N) is 1. The molecule has 156 valence electrons. The van der Waals surface area contributed by atoms with Crippen molar-refractivity contribution in [2.45, 2.75) is 45.2 Å². The second-order valence-electron chi connectivity index (χ2n) is 8.42. The molecule has 2 aromatic rings. The average Bonchev–Trinajstić information content (AvgIpc) is 2.95. The first-order chi connectivity index (χ1) is 14.3. The molecule has 1 aliphatic carbocycles. The van der Waals surface area contributed by atoms with Gasteiger partial charge in [0.25, 0.3) is 5.91 Å². The van der Waals surface area contributed by atoms with Crippen molar-refractivity contribution < 1.29 is 14.4 Å². The summed E-state index contributed by atoms with van der Waals surface area (Å²) in [5, 5.41) is 2.90. The van der Waals surface area contributed by atoms with Crippen LogP contribution in [0, 0.1) is 13.8 Å². The number of benzene rings is 2. The van der Waals surface area contributed by atoms with Crippen molar-refractivity contribution in [2.75, 3.05) is 13.6 Å². The number of likely N-dealkylation sites (N-methyl/N-ethyl adjacent to an activating group) is 1. The van der Waals surface area contributed by atoms with Crippen LogP contribution in [0.4, 0.5) is 4.79 Å². The average molecular weight is 405 g/mol. The van der Waals surface area contributed by atoms with Gasteiger partial charge >= 0.3 is 6.03 Å². The van der Waals surface area contributed by atoms with E-state index in [0.29, 0.717) is 13.0 Å². The van der Waals surface area contributed by atoms with Gasteiger partial charge in [-0.25, -0.2) is 4.79 Å². The normalized spacial score (nSPS) is 20.3. The number of fused-ring (bicyclic) bond motifs is 2. The monoisotopic (exact) mass is 405 g/mol. The maximum absolute atomic E-state index is 13.3. The van der Waals surface area contributed by atoms with Crippen molar-refractivity contribution in [3.8, 4) is 0 Å². The SMILES string of the molecule is Cc1ccc(CN(C)C(=O)CN2C(=O)N[C@@]3(CCCc4ccccc43)C2=O)c(C)c1. The molecule has 4 amide bonds. The van der Waals surface area contributed by atoms with Gasteiger partial charge < -0.3 is 10.2 Å². The summed E-state index contributed by atoms with van der Waals surface area (Å²) in [6.45, 7) is 4.23. The van der Waals surface area contributed by atoms with Crippen LogP contribution in [0.1, 0.15) is 40.7 Å². The van der Waals surface area contributed by atoms with Crippen molar-refractivity contribution in [3.63, 3.8) is 0 Å². The summed E-state index contributed by atoms with van der Waals surface area (Å²) in [4.78, 5) is 41.5. The van der Waals surface area contributed by atoms with Gasteiger partial charge in [-0.1, -0.05) is 48.0 Å². The quantitative estimate of drug-likeness (QED) is 0.795. The molecule has 0 aromatic heterocycles. The topological polar surface area (TPSA) is 69.7 Å². The predicted molar refractivity (Wildman–Crippen MR) is 114 cm³/mol. The highest BCUT2D eigenvalue weighted by atomic mass is 16.2. The first-order valence-corrected chi connectivity index (χ1v) is 10.3. The van der Waals surface area contributed by atoms with Crippen LogP contribution in [0.3, 0.4) is 0 Å². The fourth-order valence-corrected chi connectivity index (χ4v) is 4.58. The van der Waals surface area contributed by atoms with Crippen LogP contribution < -0.4 is 5.32 Å². The Hall–Kier alpha value is -3.15. The van der Waals surface area contributed by atoms with Crippen LogP contribution in [0.5, 0.6) is 0 Å². The molecule has 0 unspecified atom stereocenters. The molecule has 2 aliphatic rings. The molecule has 0 saturated carbocycles. The highest BCUT2D eigenvalue weighted by molar-refractivity contribution is 6.09. The number of nitrogens with zero attached hydrogens (tertiary/aromatic N) is 2. The number of aryl methyl sites for hydroxylation is 3.